The molecule has 29 heavy (non-hydrogen) atoms. The van der Waals surface area contributed by atoms with E-state index in [1.807, 2.05) is 65.6 Å². The average Bonchev–Trinajstić information content (AvgIpc) is 3.41. The lowest BCUT2D eigenvalue weighted by Crippen LogP contribution is -2.30. The zero-order valence-corrected chi connectivity index (χ0v) is 17.8. The van der Waals surface area contributed by atoms with Gasteiger partial charge in [0.25, 0.3) is 5.91 Å². The van der Waals surface area contributed by atoms with Gasteiger partial charge < -0.3 is 9.42 Å². The van der Waals surface area contributed by atoms with Gasteiger partial charge in [-0.1, -0.05) is 63.6 Å². The minimum Gasteiger partial charge on any atom is -0.355 e. The van der Waals surface area contributed by atoms with Gasteiger partial charge in [-0.3, -0.25) is 4.79 Å². The zero-order chi connectivity index (χ0) is 19.8. The first kappa shape index (κ1) is 18.5. The fraction of sp³-hybridized carbons (Fsp3) is 0.130. The normalized spacial score (nSPS) is 16.4. The van der Waals surface area contributed by atoms with E-state index in [-0.39, 0.29) is 11.3 Å². The fourth-order valence-corrected chi connectivity index (χ4v) is 5.14. The van der Waals surface area contributed by atoms with E-state index in [4.69, 9.17) is 4.52 Å². The predicted octanol–water partition coefficient (Wildman–Crippen LogP) is 6.15. The van der Waals surface area contributed by atoms with Gasteiger partial charge in [0.2, 0.25) is 0 Å². The zero-order valence-electron chi connectivity index (χ0n) is 15.4. The van der Waals surface area contributed by atoms with Crippen molar-refractivity contribution < 1.29 is 9.32 Å². The second kappa shape index (κ2) is 7.69. The molecule has 0 N–H and O–H groups in total. The Morgan fingerprint density at radius 2 is 1.86 bits per heavy atom. The molecule has 0 bridgehead atoms. The van der Waals surface area contributed by atoms with Crippen LogP contribution < -0.4 is 0 Å². The van der Waals surface area contributed by atoms with Crippen molar-refractivity contribution in [1.29, 1.82) is 0 Å². The number of hydrogen-bond acceptors (Lipinski definition) is 4. The number of carbonyl (C=O) groups excluding carboxylic acids is 1. The van der Waals surface area contributed by atoms with Crippen LogP contribution in [0.15, 0.2) is 81.8 Å². The standard InChI is InChI=1S/C23H17BrN2O2S/c24-18-9-6-16(7-10-18)23-26(12-13-29-23)22(27)17-8-11-20-19(14-17)21(28-25-20)15-4-2-1-3-5-15/h1-11,14,23H,12-13H2. The van der Waals surface area contributed by atoms with Crippen molar-refractivity contribution in [3.8, 4) is 11.3 Å². The first-order chi connectivity index (χ1) is 14.2. The van der Waals surface area contributed by atoms with Crippen molar-refractivity contribution in [2.75, 3.05) is 12.3 Å². The molecule has 0 radical (unpaired) electrons. The van der Waals surface area contributed by atoms with E-state index < -0.39 is 0 Å². The molecule has 144 valence electrons. The number of thioether (sulfide) groups is 1. The molecule has 2 heterocycles. The number of nitrogens with zero attached hydrogens (tertiary/aromatic N) is 2. The third-order valence-corrected chi connectivity index (χ3v) is 6.86. The van der Waals surface area contributed by atoms with Crippen molar-refractivity contribution in [3.05, 3.63) is 88.4 Å². The Hall–Kier alpha value is -2.57. The van der Waals surface area contributed by atoms with Crippen LogP contribution in [-0.2, 0) is 0 Å². The van der Waals surface area contributed by atoms with Crippen LogP contribution in [0.4, 0.5) is 0 Å². The average molecular weight is 465 g/mol. The molecule has 4 nitrogen and oxygen atoms in total. The van der Waals surface area contributed by atoms with E-state index in [1.54, 1.807) is 11.8 Å². The Kier molecular flexibility index (Phi) is 4.89. The Morgan fingerprint density at radius 3 is 2.66 bits per heavy atom. The van der Waals surface area contributed by atoms with Crippen molar-refractivity contribution in [3.63, 3.8) is 0 Å². The van der Waals surface area contributed by atoms with Gasteiger partial charge in [-0.2, -0.15) is 0 Å². The smallest absolute Gasteiger partial charge is 0.255 e. The Bertz CT molecular complexity index is 1170. The molecule has 1 atom stereocenters. The van der Waals surface area contributed by atoms with E-state index in [2.05, 4.69) is 33.2 Å². The van der Waals surface area contributed by atoms with E-state index in [9.17, 15) is 4.79 Å². The van der Waals surface area contributed by atoms with Crippen LogP contribution in [0.1, 0.15) is 21.3 Å². The SMILES string of the molecule is O=C(c1ccc2noc(-c3ccccc3)c2c1)N1CCSC1c1ccc(Br)cc1. The lowest BCUT2D eigenvalue weighted by molar-refractivity contribution is 0.0760. The summed E-state index contributed by atoms with van der Waals surface area (Å²) in [5.41, 5.74) is 3.49. The topological polar surface area (TPSA) is 46.3 Å². The lowest BCUT2D eigenvalue weighted by Gasteiger charge is -2.24. The lowest BCUT2D eigenvalue weighted by atomic mass is 10.1. The van der Waals surface area contributed by atoms with Gasteiger partial charge in [-0.15, -0.1) is 11.8 Å². The number of carbonyl (C=O) groups is 1. The van der Waals surface area contributed by atoms with Gasteiger partial charge >= 0.3 is 0 Å². The highest BCUT2D eigenvalue weighted by Crippen LogP contribution is 2.39. The monoisotopic (exact) mass is 464 g/mol. The van der Waals surface area contributed by atoms with E-state index in [1.165, 1.54) is 0 Å². The first-order valence-corrected chi connectivity index (χ1v) is 11.2. The highest BCUT2D eigenvalue weighted by Gasteiger charge is 2.31. The van der Waals surface area contributed by atoms with Crippen molar-refractivity contribution >= 4 is 44.5 Å². The molecule has 1 unspecified atom stereocenters. The minimum atomic E-state index is 0.0300. The summed E-state index contributed by atoms with van der Waals surface area (Å²) in [6, 6.07) is 23.6. The molecule has 5 rings (SSSR count). The Morgan fingerprint density at radius 1 is 1.07 bits per heavy atom. The summed E-state index contributed by atoms with van der Waals surface area (Å²) in [5.74, 6) is 1.65. The summed E-state index contributed by atoms with van der Waals surface area (Å²) in [4.78, 5) is 15.3. The van der Waals surface area contributed by atoms with Crippen LogP contribution in [0.25, 0.3) is 22.2 Å². The minimum absolute atomic E-state index is 0.0300. The first-order valence-electron chi connectivity index (χ1n) is 9.33. The molecular formula is C23H17BrN2O2S. The number of fused-ring (bicyclic) bond motifs is 1. The molecule has 0 saturated carbocycles. The summed E-state index contributed by atoms with van der Waals surface area (Å²) >= 11 is 5.27. The summed E-state index contributed by atoms with van der Waals surface area (Å²) in [5, 5.41) is 5.04. The molecule has 6 heteroatoms. The maximum Gasteiger partial charge on any atom is 0.255 e. The van der Waals surface area contributed by atoms with Gasteiger partial charge in [0, 0.05) is 27.9 Å². The summed E-state index contributed by atoms with van der Waals surface area (Å²) in [6.07, 6.45) is 0. The number of amides is 1. The molecule has 1 fully saturated rings. The second-order valence-corrected chi connectivity index (χ2v) is 8.99. The Labute approximate surface area is 181 Å². The maximum absolute atomic E-state index is 13.4. The van der Waals surface area contributed by atoms with Crippen LogP contribution in [-0.4, -0.2) is 28.3 Å². The number of hydrogen-bond donors (Lipinski definition) is 0. The van der Waals surface area contributed by atoms with Crippen molar-refractivity contribution in [1.82, 2.24) is 10.1 Å². The highest BCUT2D eigenvalue weighted by molar-refractivity contribution is 9.10. The molecule has 0 spiro atoms. The summed E-state index contributed by atoms with van der Waals surface area (Å²) < 4.78 is 6.62. The maximum atomic E-state index is 13.4. The molecule has 1 aliphatic rings. The van der Waals surface area contributed by atoms with Crippen molar-refractivity contribution in [2.24, 2.45) is 0 Å². The van der Waals surface area contributed by atoms with E-state index in [0.717, 1.165) is 38.8 Å². The molecule has 1 aromatic heterocycles. The van der Waals surface area contributed by atoms with Gasteiger partial charge in [-0.05, 0) is 35.9 Å². The molecule has 4 aromatic rings. The third kappa shape index (κ3) is 3.47. The van der Waals surface area contributed by atoms with Crippen LogP contribution in [0.5, 0.6) is 0 Å². The summed E-state index contributed by atoms with van der Waals surface area (Å²) in [7, 11) is 0. The molecule has 1 saturated heterocycles. The van der Waals surface area contributed by atoms with E-state index in [0.29, 0.717) is 11.3 Å². The van der Waals surface area contributed by atoms with Gasteiger partial charge in [0.1, 0.15) is 10.9 Å². The number of aromatic nitrogens is 1. The fourth-order valence-electron chi connectivity index (χ4n) is 3.62. The molecule has 0 aliphatic carbocycles. The molecule has 1 aliphatic heterocycles. The number of halogens is 1. The van der Waals surface area contributed by atoms with Gasteiger partial charge in [0.05, 0.1) is 5.39 Å². The number of rotatable bonds is 3. The van der Waals surface area contributed by atoms with E-state index >= 15 is 0 Å². The van der Waals surface area contributed by atoms with Crippen LogP contribution >= 0.6 is 27.7 Å². The molecule has 3 aromatic carbocycles. The third-order valence-electron chi connectivity index (χ3n) is 5.07. The van der Waals surface area contributed by atoms with Gasteiger partial charge in [-0.25, -0.2) is 0 Å². The molecular weight excluding hydrogens is 448 g/mol. The largest absolute Gasteiger partial charge is 0.355 e. The van der Waals surface area contributed by atoms with Crippen LogP contribution in [0, 0.1) is 0 Å². The second-order valence-electron chi connectivity index (χ2n) is 6.88. The number of benzene rings is 3. The van der Waals surface area contributed by atoms with Gasteiger partial charge in [0.15, 0.2) is 5.76 Å². The highest BCUT2D eigenvalue weighted by atomic mass is 79.9. The van der Waals surface area contributed by atoms with Crippen molar-refractivity contribution in [2.45, 2.75) is 5.37 Å². The predicted molar refractivity (Wildman–Crippen MR) is 120 cm³/mol. The quantitative estimate of drug-likeness (QED) is 0.364. The van der Waals surface area contributed by atoms with Crippen LogP contribution in [0.2, 0.25) is 0 Å². The Balaban J connectivity index is 1.50. The van der Waals surface area contributed by atoms with Crippen LogP contribution in [0.3, 0.4) is 0 Å². The summed E-state index contributed by atoms with van der Waals surface area (Å²) in [6.45, 7) is 0.734. The molecule has 1 amide bonds.